The van der Waals surface area contributed by atoms with E-state index in [2.05, 4.69) is 12.2 Å². The first kappa shape index (κ1) is 18.5. The van der Waals surface area contributed by atoms with Crippen LogP contribution >= 0.6 is 0 Å². The molecule has 0 spiro atoms. The van der Waals surface area contributed by atoms with Crippen molar-refractivity contribution in [3.05, 3.63) is 35.6 Å². The van der Waals surface area contributed by atoms with Gasteiger partial charge in [-0.15, -0.1) is 0 Å². The van der Waals surface area contributed by atoms with Crippen molar-refractivity contribution in [2.24, 2.45) is 23.2 Å². The molecule has 0 aromatic heterocycles. The highest BCUT2D eigenvalue weighted by atomic mass is 19.1. The first-order chi connectivity index (χ1) is 12.9. The number of rotatable bonds is 6. The highest BCUT2D eigenvalue weighted by molar-refractivity contribution is 5.81. The predicted octanol–water partition coefficient (Wildman–Crippen LogP) is 3.63. The number of halogens is 1. The minimum Gasteiger partial charge on any atom is -0.455 e. The fraction of sp³-hybridized carbons (Fsp3) is 0.636. The topological polar surface area (TPSA) is 55.4 Å². The molecular weight excluding hydrogens is 345 g/mol. The van der Waals surface area contributed by atoms with Crippen LogP contribution in [-0.2, 0) is 20.7 Å². The van der Waals surface area contributed by atoms with Crippen LogP contribution in [0.3, 0.4) is 0 Å². The summed E-state index contributed by atoms with van der Waals surface area (Å²) in [6, 6.07) is 5.83. The zero-order chi connectivity index (χ0) is 19.0. The van der Waals surface area contributed by atoms with E-state index in [-0.39, 0.29) is 36.2 Å². The van der Waals surface area contributed by atoms with Gasteiger partial charge in [0.2, 0.25) is 0 Å². The molecule has 4 saturated carbocycles. The zero-order valence-electron chi connectivity index (χ0n) is 15.9. The van der Waals surface area contributed by atoms with E-state index in [0.717, 1.165) is 17.8 Å². The Morgan fingerprint density at radius 3 is 2.22 bits per heavy atom. The van der Waals surface area contributed by atoms with Gasteiger partial charge in [-0.05, 0) is 86.3 Å². The van der Waals surface area contributed by atoms with Gasteiger partial charge in [0.15, 0.2) is 6.61 Å². The third-order valence-electron chi connectivity index (χ3n) is 7.01. The van der Waals surface area contributed by atoms with Crippen molar-refractivity contribution in [2.75, 3.05) is 6.61 Å². The smallest absolute Gasteiger partial charge is 0.310 e. The second kappa shape index (κ2) is 7.25. The van der Waals surface area contributed by atoms with E-state index in [0.29, 0.717) is 5.56 Å². The maximum Gasteiger partial charge on any atom is 0.310 e. The number of amides is 1. The summed E-state index contributed by atoms with van der Waals surface area (Å²) in [6.07, 6.45) is 7.85. The molecule has 4 aliphatic carbocycles. The monoisotopic (exact) mass is 373 g/mol. The summed E-state index contributed by atoms with van der Waals surface area (Å²) in [5.41, 5.74) is 0.909. The van der Waals surface area contributed by atoms with Crippen LogP contribution in [0.25, 0.3) is 0 Å². The van der Waals surface area contributed by atoms with Crippen LogP contribution in [-0.4, -0.2) is 24.5 Å². The Labute approximate surface area is 159 Å². The Hall–Kier alpha value is -1.91. The third kappa shape index (κ3) is 4.02. The Kier molecular flexibility index (Phi) is 4.95. The molecule has 0 unspecified atom stereocenters. The fourth-order valence-corrected chi connectivity index (χ4v) is 6.11. The Morgan fingerprint density at radius 1 is 1.11 bits per heavy atom. The molecule has 1 aromatic rings. The number of carbonyl (C=O) groups is 2. The lowest BCUT2D eigenvalue weighted by molar-refractivity contribution is -0.148. The summed E-state index contributed by atoms with van der Waals surface area (Å²) in [4.78, 5) is 24.2. The molecule has 0 radical (unpaired) electrons. The molecule has 1 atom stereocenters. The molecule has 146 valence electrons. The van der Waals surface area contributed by atoms with Crippen molar-refractivity contribution in [3.63, 3.8) is 0 Å². The van der Waals surface area contributed by atoms with Crippen molar-refractivity contribution >= 4 is 11.9 Å². The number of nitrogens with one attached hydrogen (secondary N) is 1. The van der Waals surface area contributed by atoms with Gasteiger partial charge >= 0.3 is 5.97 Å². The van der Waals surface area contributed by atoms with Gasteiger partial charge < -0.3 is 10.1 Å². The molecule has 4 bridgehead atoms. The van der Waals surface area contributed by atoms with E-state index in [1.807, 2.05) is 0 Å². The van der Waals surface area contributed by atoms with Crippen LogP contribution in [0.15, 0.2) is 24.3 Å². The molecule has 0 saturated heterocycles. The first-order valence-electron chi connectivity index (χ1n) is 10.1. The number of benzene rings is 1. The second-order valence-corrected chi connectivity index (χ2v) is 9.03. The Morgan fingerprint density at radius 2 is 1.67 bits per heavy atom. The normalized spacial score (nSPS) is 32.1. The lowest BCUT2D eigenvalue weighted by atomic mass is 9.48. The van der Waals surface area contributed by atoms with Gasteiger partial charge in [0.1, 0.15) is 5.82 Å². The lowest BCUT2D eigenvalue weighted by Gasteiger charge is -2.59. The van der Waals surface area contributed by atoms with Gasteiger partial charge in [0, 0.05) is 6.04 Å². The predicted molar refractivity (Wildman–Crippen MR) is 99.3 cm³/mol. The second-order valence-electron chi connectivity index (χ2n) is 9.03. The average Bonchev–Trinajstić information content (AvgIpc) is 2.61. The largest absolute Gasteiger partial charge is 0.455 e. The highest BCUT2D eigenvalue weighted by Gasteiger charge is 2.53. The van der Waals surface area contributed by atoms with Gasteiger partial charge in [0.25, 0.3) is 5.91 Å². The van der Waals surface area contributed by atoms with Crippen molar-refractivity contribution in [1.82, 2.24) is 5.32 Å². The molecule has 5 heteroatoms. The molecule has 4 aliphatic rings. The first-order valence-corrected chi connectivity index (χ1v) is 10.1. The molecule has 1 aromatic carbocycles. The number of esters is 1. The van der Waals surface area contributed by atoms with Crippen molar-refractivity contribution in [2.45, 2.75) is 57.9 Å². The van der Waals surface area contributed by atoms with Crippen molar-refractivity contribution in [3.8, 4) is 0 Å². The van der Waals surface area contributed by atoms with Crippen LogP contribution in [0, 0.1) is 29.0 Å². The molecule has 0 aliphatic heterocycles. The summed E-state index contributed by atoms with van der Waals surface area (Å²) in [6.45, 7) is 1.86. The van der Waals surface area contributed by atoms with Crippen molar-refractivity contribution in [1.29, 1.82) is 0 Å². The fourth-order valence-electron chi connectivity index (χ4n) is 6.11. The molecule has 27 heavy (non-hydrogen) atoms. The van der Waals surface area contributed by atoms with Crippen LogP contribution < -0.4 is 5.32 Å². The van der Waals surface area contributed by atoms with Gasteiger partial charge in [-0.3, -0.25) is 9.59 Å². The van der Waals surface area contributed by atoms with E-state index in [1.165, 1.54) is 50.7 Å². The molecule has 1 N–H and O–H groups in total. The minimum atomic E-state index is -0.473. The zero-order valence-corrected chi connectivity index (χ0v) is 15.9. The molecule has 4 nitrogen and oxygen atoms in total. The van der Waals surface area contributed by atoms with Crippen LogP contribution in [0.4, 0.5) is 4.39 Å². The van der Waals surface area contributed by atoms with Gasteiger partial charge in [-0.25, -0.2) is 4.39 Å². The average molecular weight is 373 g/mol. The van der Waals surface area contributed by atoms with Gasteiger partial charge in [-0.1, -0.05) is 12.1 Å². The number of hydrogen-bond acceptors (Lipinski definition) is 3. The van der Waals surface area contributed by atoms with Crippen LogP contribution in [0.1, 0.15) is 51.0 Å². The lowest BCUT2D eigenvalue weighted by Crippen LogP contribution is -2.56. The highest BCUT2D eigenvalue weighted by Crippen LogP contribution is 2.61. The number of carbonyl (C=O) groups excluding carboxylic acids is 2. The Balaban J connectivity index is 1.25. The van der Waals surface area contributed by atoms with Gasteiger partial charge in [0.05, 0.1) is 6.42 Å². The summed E-state index contributed by atoms with van der Waals surface area (Å²) < 4.78 is 18.0. The summed E-state index contributed by atoms with van der Waals surface area (Å²) in [7, 11) is 0. The SMILES string of the molecule is C[C@@H](NC(=O)COC(=O)Cc1ccc(F)cc1)C12CC3CC(CC(C3)C1)C2. The molecule has 5 rings (SSSR count). The van der Waals surface area contributed by atoms with Gasteiger partial charge in [-0.2, -0.15) is 0 Å². The standard InChI is InChI=1S/C22H28FNO3/c1-14(22-10-16-6-17(11-22)8-18(7-16)12-22)24-20(25)13-27-21(26)9-15-2-4-19(23)5-3-15/h2-5,14,16-18H,6-13H2,1H3,(H,24,25)/t14-,16?,17?,18?,22?/m1/s1. The quantitative estimate of drug-likeness (QED) is 0.775. The van der Waals surface area contributed by atoms with Crippen LogP contribution in [0.5, 0.6) is 0 Å². The minimum absolute atomic E-state index is 0.0398. The van der Waals surface area contributed by atoms with E-state index >= 15 is 0 Å². The summed E-state index contributed by atoms with van der Waals surface area (Å²) in [5, 5.41) is 3.10. The van der Waals surface area contributed by atoms with Crippen LogP contribution in [0.2, 0.25) is 0 Å². The molecule has 0 heterocycles. The number of ether oxygens (including phenoxy) is 1. The number of hydrogen-bond donors (Lipinski definition) is 1. The van der Waals surface area contributed by atoms with E-state index in [9.17, 15) is 14.0 Å². The van der Waals surface area contributed by atoms with E-state index in [1.54, 1.807) is 12.1 Å². The van der Waals surface area contributed by atoms with E-state index in [4.69, 9.17) is 4.74 Å². The maximum absolute atomic E-state index is 12.9. The van der Waals surface area contributed by atoms with E-state index < -0.39 is 5.97 Å². The molecule has 4 fully saturated rings. The summed E-state index contributed by atoms with van der Waals surface area (Å²) >= 11 is 0. The summed E-state index contributed by atoms with van der Waals surface area (Å²) in [5.74, 6) is 1.47. The molecule has 1 amide bonds. The maximum atomic E-state index is 12.9. The third-order valence-corrected chi connectivity index (χ3v) is 7.01. The Bertz CT molecular complexity index is 679. The van der Waals surface area contributed by atoms with Crippen molar-refractivity contribution < 1.29 is 18.7 Å². The molecular formula is C22H28FNO3.